The van der Waals surface area contributed by atoms with Crippen LogP contribution >= 0.6 is 11.6 Å². The molecule has 0 N–H and O–H groups in total. The van der Waals surface area contributed by atoms with Crippen LogP contribution in [-0.4, -0.2) is 44.0 Å². The first-order valence-corrected chi connectivity index (χ1v) is 7.86. The van der Waals surface area contributed by atoms with Gasteiger partial charge in [0.1, 0.15) is 5.84 Å². The van der Waals surface area contributed by atoms with E-state index in [9.17, 15) is 4.79 Å². The minimum absolute atomic E-state index is 0.132. The molecular formula is C18H17ClN2O3. The van der Waals surface area contributed by atoms with Crippen molar-refractivity contribution < 1.29 is 14.3 Å². The number of carbonyl (C=O) groups is 1. The number of ether oxygens (including phenoxy) is 2. The van der Waals surface area contributed by atoms with Crippen LogP contribution in [0.3, 0.4) is 0 Å². The third-order valence-corrected chi connectivity index (χ3v) is 4.03. The number of rotatable bonds is 4. The molecule has 1 heterocycles. The van der Waals surface area contributed by atoms with E-state index in [0.29, 0.717) is 41.0 Å². The number of hydrogen-bond acceptors (Lipinski definition) is 4. The van der Waals surface area contributed by atoms with Crippen LogP contribution in [0.4, 0.5) is 0 Å². The normalized spacial score (nSPS) is 13.6. The van der Waals surface area contributed by atoms with Crippen molar-refractivity contribution in [1.29, 1.82) is 0 Å². The van der Waals surface area contributed by atoms with Crippen LogP contribution in [0.2, 0.25) is 5.02 Å². The van der Waals surface area contributed by atoms with Crippen LogP contribution < -0.4 is 9.47 Å². The van der Waals surface area contributed by atoms with Crippen molar-refractivity contribution in [2.24, 2.45) is 4.99 Å². The number of methoxy groups -OCH3 is 2. The summed E-state index contributed by atoms with van der Waals surface area (Å²) in [5, 5.41) is 0.612. The molecule has 3 rings (SSSR count). The molecule has 0 atom stereocenters. The number of hydrogen-bond donors (Lipinski definition) is 0. The third-order valence-electron chi connectivity index (χ3n) is 3.80. The Kier molecular flexibility index (Phi) is 4.71. The van der Waals surface area contributed by atoms with Crippen LogP contribution in [0.25, 0.3) is 0 Å². The van der Waals surface area contributed by atoms with Crippen LogP contribution in [0, 0.1) is 0 Å². The van der Waals surface area contributed by atoms with Crippen molar-refractivity contribution in [3.8, 4) is 11.5 Å². The van der Waals surface area contributed by atoms with Crippen molar-refractivity contribution in [2.45, 2.75) is 0 Å². The standard InChI is InChI=1S/C18H17ClN2O3/c1-23-15-7-6-13(11-16(15)24-2)18(22)21-9-8-20-17(21)12-4-3-5-14(19)10-12/h3-7,10-11H,8-9H2,1-2H3. The molecular weight excluding hydrogens is 328 g/mol. The fraction of sp³-hybridized carbons (Fsp3) is 0.222. The second kappa shape index (κ2) is 6.93. The van der Waals surface area contributed by atoms with Gasteiger partial charge in [-0.3, -0.25) is 14.7 Å². The van der Waals surface area contributed by atoms with Crippen molar-refractivity contribution in [1.82, 2.24) is 4.90 Å². The van der Waals surface area contributed by atoms with Gasteiger partial charge >= 0.3 is 0 Å². The zero-order valence-electron chi connectivity index (χ0n) is 13.5. The van der Waals surface area contributed by atoms with Gasteiger partial charge in [-0.1, -0.05) is 23.7 Å². The largest absolute Gasteiger partial charge is 0.493 e. The van der Waals surface area contributed by atoms with E-state index >= 15 is 0 Å². The summed E-state index contributed by atoms with van der Waals surface area (Å²) in [6.07, 6.45) is 0. The van der Waals surface area contributed by atoms with E-state index in [1.54, 1.807) is 49.5 Å². The number of halogens is 1. The van der Waals surface area contributed by atoms with E-state index in [0.717, 1.165) is 5.56 Å². The second-order valence-electron chi connectivity index (χ2n) is 5.24. The molecule has 6 heteroatoms. The summed E-state index contributed by atoms with van der Waals surface area (Å²) in [5.41, 5.74) is 1.35. The average Bonchev–Trinajstić information content (AvgIpc) is 3.10. The van der Waals surface area contributed by atoms with Gasteiger partial charge < -0.3 is 9.47 Å². The molecule has 0 unspecified atom stereocenters. The molecule has 0 saturated carbocycles. The summed E-state index contributed by atoms with van der Waals surface area (Å²) in [4.78, 5) is 19.0. The monoisotopic (exact) mass is 344 g/mol. The average molecular weight is 345 g/mol. The van der Waals surface area contributed by atoms with Gasteiger partial charge in [-0.25, -0.2) is 0 Å². The van der Waals surface area contributed by atoms with Gasteiger partial charge in [0.15, 0.2) is 11.5 Å². The molecule has 0 aliphatic carbocycles. The second-order valence-corrected chi connectivity index (χ2v) is 5.68. The number of benzene rings is 2. The zero-order chi connectivity index (χ0) is 17.1. The smallest absolute Gasteiger partial charge is 0.259 e. The Morgan fingerprint density at radius 3 is 2.62 bits per heavy atom. The summed E-state index contributed by atoms with van der Waals surface area (Å²) >= 11 is 6.05. The van der Waals surface area contributed by atoms with E-state index < -0.39 is 0 Å². The highest BCUT2D eigenvalue weighted by Gasteiger charge is 2.26. The highest BCUT2D eigenvalue weighted by Crippen LogP contribution is 2.28. The number of nitrogens with zero attached hydrogens (tertiary/aromatic N) is 2. The molecule has 1 amide bonds. The van der Waals surface area contributed by atoms with Gasteiger partial charge in [0.05, 0.1) is 20.8 Å². The molecule has 1 aliphatic heterocycles. The number of amides is 1. The van der Waals surface area contributed by atoms with Crippen LogP contribution in [0.15, 0.2) is 47.5 Å². The van der Waals surface area contributed by atoms with E-state index in [4.69, 9.17) is 21.1 Å². The van der Waals surface area contributed by atoms with Crippen LogP contribution in [-0.2, 0) is 0 Å². The van der Waals surface area contributed by atoms with E-state index in [1.807, 2.05) is 12.1 Å². The van der Waals surface area contributed by atoms with Gasteiger partial charge in [-0.2, -0.15) is 0 Å². The first-order chi connectivity index (χ1) is 11.6. The fourth-order valence-electron chi connectivity index (χ4n) is 2.64. The highest BCUT2D eigenvalue weighted by atomic mass is 35.5. The minimum atomic E-state index is -0.132. The van der Waals surface area contributed by atoms with Gasteiger partial charge in [-0.05, 0) is 30.3 Å². The predicted molar refractivity (Wildman–Crippen MR) is 93.4 cm³/mol. The Balaban J connectivity index is 1.91. The Labute approximate surface area is 145 Å². The topological polar surface area (TPSA) is 51.1 Å². The molecule has 2 aromatic carbocycles. The SMILES string of the molecule is COc1ccc(C(=O)N2CCN=C2c2cccc(Cl)c2)cc1OC. The zero-order valence-corrected chi connectivity index (χ0v) is 14.2. The Morgan fingerprint density at radius 2 is 1.92 bits per heavy atom. The molecule has 0 bridgehead atoms. The number of amidine groups is 1. The van der Waals surface area contributed by atoms with Crippen molar-refractivity contribution in [2.75, 3.05) is 27.3 Å². The molecule has 0 saturated heterocycles. The third kappa shape index (κ3) is 3.08. The summed E-state index contributed by atoms with van der Waals surface area (Å²) in [6, 6.07) is 12.5. The molecule has 2 aromatic rings. The van der Waals surface area contributed by atoms with E-state index in [1.165, 1.54) is 0 Å². The predicted octanol–water partition coefficient (Wildman–Crippen LogP) is 3.26. The summed E-state index contributed by atoms with van der Waals surface area (Å²) in [7, 11) is 3.10. The maximum atomic E-state index is 12.9. The van der Waals surface area contributed by atoms with E-state index in [-0.39, 0.29) is 5.91 Å². The lowest BCUT2D eigenvalue weighted by Gasteiger charge is -2.19. The minimum Gasteiger partial charge on any atom is -0.493 e. The van der Waals surface area contributed by atoms with Crippen molar-refractivity contribution >= 4 is 23.3 Å². The Bertz CT molecular complexity index is 805. The Hall–Kier alpha value is -2.53. The molecule has 0 aromatic heterocycles. The van der Waals surface area contributed by atoms with Gasteiger partial charge in [0, 0.05) is 22.7 Å². The first-order valence-electron chi connectivity index (χ1n) is 7.48. The van der Waals surface area contributed by atoms with Crippen molar-refractivity contribution in [3.05, 3.63) is 58.6 Å². The fourth-order valence-corrected chi connectivity index (χ4v) is 2.83. The van der Waals surface area contributed by atoms with Gasteiger partial charge in [-0.15, -0.1) is 0 Å². The maximum absolute atomic E-state index is 12.9. The molecule has 5 nitrogen and oxygen atoms in total. The molecule has 124 valence electrons. The molecule has 1 aliphatic rings. The lowest BCUT2D eigenvalue weighted by molar-refractivity contribution is 0.0858. The van der Waals surface area contributed by atoms with Gasteiger partial charge in [0.25, 0.3) is 5.91 Å². The summed E-state index contributed by atoms with van der Waals surface area (Å²) in [6.45, 7) is 1.11. The molecule has 24 heavy (non-hydrogen) atoms. The first kappa shape index (κ1) is 16.3. The number of aliphatic imine (C=N–C) groups is 1. The van der Waals surface area contributed by atoms with Crippen LogP contribution in [0.5, 0.6) is 11.5 Å². The molecule has 0 spiro atoms. The lowest BCUT2D eigenvalue weighted by atomic mass is 10.1. The van der Waals surface area contributed by atoms with Crippen LogP contribution in [0.1, 0.15) is 15.9 Å². The molecule has 0 fully saturated rings. The highest BCUT2D eigenvalue weighted by molar-refractivity contribution is 6.31. The lowest BCUT2D eigenvalue weighted by Crippen LogP contribution is -2.34. The van der Waals surface area contributed by atoms with Crippen molar-refractivity contribution in [3.63, 3.8) is 0 Å². The van der Waals surface area contributed by atoms with E-state index in [2.05, 4.69) is 4.99 Å². The molecule has 0 radical (unpaired) electrons. The maximum Gasteiger partial charge on any atom is 0.259 e. The Morgan fingerprint density at radius 1 is 1.12 bits per heavy atom. The quantitative estimate of drug-likeness (QED) is 0.855. The number of carbonyl (C=O) groups excluding carboxylic acids is 1. The van der Waals surface area contributed by atoms with Gasteiger partial charge in [0.2, 0.25) is 0 Å². The summed E-state index contributed by atoms with van der Waals surface area (Å²) < 4.78 is 10.5. The summed E-state index contributed by atoms with van der Waals surface area (Å²) in [5.74, 6) is 1.60.